The fourth-order valence-corrected chi connectivity index (χ4v) is 1.54. The van der Waals surface area contributed by atoms with Crippen LogP contribution in [-0.4, -0.2) is 14.5 Å². The summed E-state index contributed by atoms with van der Waals surface area (Å²) < 4.78 is 1.97. The molecule has 0 bridgehead atoms. The Morgan fingerprint density at radius 3 is 2.67 bits per heavy atom. The van der Waals surface area contributed by atoms with E-state index in [2.05, 4.69) is 9.97 Å². The number of hydrogen-bond acceptors (Lipinski definition) is 3. The number of nitrogen functional groups attached to an aromatic ring is 1. The van der Waals surface area contributed by atoms with Gasteiger partial charge in [-0.3, -0.25) is 4.98 Å². The second kappa shape index (κ2) is 4.13. The van der Waals surface area contributed by atoms with Gasteiger partial charge in [0.2, 0.25) is 0 Å². The van der Waals surface area contributed by atoms with Gasteiger partial charge in [0, 0.05) is 25.1 Å². The van der Waals surface area contributed by atoms with E-state index in [4.69, 9.17) is 5.73 Å². The fourth-order valence-electron chi connectivity index (χ4n) is 1.54. The van der Waals surface area contributed by atoms with E-state index in [-0.39, 0.29) is 0 Å². The average Bonchev–Trinajstić information content (AvgIpc) is 2.56. The van der Waals surface area contributed by atoms with Gasteiger partial charge < -0.3 is 10.3 Å². The minimum Gasteiger partial charge on any atom is -0.369 e. The van der Waals surface area contributed by atoms with Gasteiger partial charge in [-0.25, -0.2) is 4.98 Å². The molecule has 0 unspecified atom stereocenters. The van der Waals surface area contributed by atoms with Gasteiger partial charge in [-0.05, 0) is 31.0 Å². The molecule has 0 aliphatic heterocycles. The van der Waals surface area contributed by atoms with Gasteiger partial charge in [-0.15, -0.1) is 0 Å². The Bertz CT molecular complexity index is 433. The molecule has 0 saturated carbocycles. The van der Waals surface area contributed by atoms with E-state index >= 15 is 0 Å². The molecule has 15 heavy (non-hydrogen) atoms. The summed E-state index contributed by atoms with van der Waals surface area (Å²) >= 11 is 0. The highest BCUT2D eigenvalue weighted by molar-refractivity contribution is 5.21. The molecular weight excluding hydrogens is 188 g/mol. The molecule has 0 spiro atoms. The van der Waals surface area contributed by atoms with E-state index in [1.807, 2.05) is 29.8 Å². The summed E-state index contributed by atoms with van der Waals surface area (Å²) in [6.07, 6.45) is 6.52. The SMILES string of the molecule is Cc1cn(CCc2ccncc2)c(N)n1. The number of rotatable bonds is 3. The molecule has 0 saturated heterocycles. The van der Waals surface area contributed by atoms with E-state index in [1.54, 1.807) is 12.4 Å². The quantitative estimate of drug-likeness (QED) is 0.818. The molecule has 4 heteroatoms. The van der Waals surface area contributed by atoms with Crippen molar-refractivity contribution in [2.45, 2.75) is 19.9 Å². The van der Waals surface area contributed by atoms with E-state index in [0.29, 0.717) is 5.95 Å². The highest BCUT2D eigenvalue weighted by Gasteiger charge is 2.01. The summed E-state index contributed by atoms with van der Waals surface area (Å²) in [5, 5.41) is 0. The summed E-state index contributed by atoms with van der Waals surface area (Å²) in [6, 6.07) is 4.03. The Hall–Kier alpha value is -1.84. The smallest absolute Gasteiger partial charge is 0.200 e. The number of aryl methyl sites for hydroxylation is 3. The molecule has 0 atom stereocenters. The van der Waals surface area contributed by atoms with Crippen LogP contribution in [0, 0.1) is 6.92 Å². The van der Waals surface area contributed by atoms with E-state index in [9.17, 15) is 0 Å². The summed E-state index contributed by atoms with van der Waals surface area (Å²) in [6.45, 7) is 2.80. The van der Waals surface area contributed by atoms with Crippen LogP contribution >= 0.6 is 0 Å². The van der Waals surface area contributed by atoms with Gasteiger partial charge in [0.25, 0.3) is 0 Å². The standard InChI is InChI=1S/C11H14N4/c1-9-8-15(11(12)14-9)7-4-10-2-5-13-6-3-10/h2-3,5-6,8H,4,7H2,1H3,(H2,12,14). The lowest BCUT2D eigenvalue weighted by molar-refractivity contribution is 0.705. The Kier molecular flexibility index (Phi) is 2.67. The molecule has 2 aromatic rings. The first-order chi connectivity index (χ1) is 7.25. The molecule has 0 fully saturated rings. The van der Waals surface area contributed by atoms with Crippen LogP contribution in [0.3, 0.4) is 0 Å². The Morgan fingerprint density at radius 2 is 2.07 bits per heavy atom. The van der Waals surface area contributed by atoms with Gasteiger partial charge in [-0.2, -0.15) is 0 Å². The van der Waals surface area contributed by atoms with Crippen molar-refractivity contribution in [2.75, 3.05) is 5.73 Å². The van der Waals surface area contributed by atoms with E-state index < -0.39 is 0 Å². The van der Waals surface area contributed by atoms with Crippen molar-refractivity contribution < 1.29 is 0 Å². The lowest BCUT2D eigenvalue weighted by Crippen LogP contribution is -2.04. The van der Waals surface area contributed by atoms with Gasteiger partial charge in [0.1, 0.15) is 0 Å². The van der Waals surface area contributed by atoms with Crippen LogP contribution < -0.4 is 5.73 Å². The Morgan fingerprint density at radius 1 is 1.33 bits per heavy atom. The molecule has 2 rings (SSSR count). The lowest BCUT2D eigenvalue weighted by Gasteiger charge is -2.03. The Labute approximate surface area is 88.8 Å². The number of anilines is 1. The summed E-state index contributed by atoms with van der Waals surface area (Å²) in [4.78, 5) is 8.13. The largest absolute Gasteiger partial charge is 0.369 e. The number of imidazole rings is 1. The second-order valence-corrected chi connectivity index (χ2v) is 3.54. The normalized spacial score (nSPS) is 10.5. The summed E-state index contributed by atoms with van der Waals surface area (Å²) in [5.41, 5.74) is 7.97. The number of nitrogens with two attached hydrogens (primary N) is 1. The first-order valence-corrected chi connectivity index (χ1v) is 4.94. The van der Waals surface area contributed by atoms with Gasteiger partial charge in [0.05, 0.1) is 5.69 Å². The van der Waals surface area contributed by atoms with Crippen LogP contribution in [0.15, 0.2) is 30.7 Å². The van der Waals surface area contributed by atoms with Crippen LogP contribution in [0.2, 0.25) is 0 Å². The highest BCUT2D eigenvalue weighted by Crippen LogP contribution is 2.06. The summed E-state index contributed by atoms with van der Waals surface area (Å²) in [7, 11) is 0. The van der Waals surface area contributed by atoms with E-state index in [0.717, 1.165) is 18.7 Å². The molecule has 0 amide bonds. The topological polar surface area (TPSA) is 56.7 Å². The second-order valence-electron chi connectivity index (χ2n) is 3.54. The predicted octanol–water partition coefficient (Wildman–Crippen LogP) is 1.41. The molecule has 2 aromatic heterocycles. The van der Waals surface area contributed by atoms with Crippen molar-refractivity contribution in [1.29, 1.82) is 0 Å². The van der Waals surface area contributed by atoms with Crippen molar-refractivity contribution >= 4 is 5.95 Å². The van der Waals surface area contributed by atoms with Crippen LogP contribution in [0.4, 0.5) is 5.95 Å². The molecule has 4 nitrogen and oxygen atoms in total. The molecule has 78 valence electrons. The summed E-state index contributed by atoms with van der Waals surface area (Å²) in [5.74, 6) is 0.585. The van der Waals surface area contributed by atoms with Crippen LogP contribution in [0.25, 0.3) is 0 Å². The zero-order valence-corrected chi connectivity index (χ0v) is 8.72. The molecule has 2 heterocycles. The number of hydrogen-bond donors (Lipinski definition) is 1. The predicted molar refractivity (Wildman–Crippen MR) is 59.3 cm³/mol. The van der Waals surface area contributed by atoms with Crippen molar-refractivity contribution in [3.63, 3.8) is 0 Å². The van der Waals surface area contributed by atoms with Gasteiger partial charge >= 0.3 is 0 Å². The third-order valence-corrected chi connectivity index (χ3v) is 2.32. The first kappa shape index (κ1) is 9.71. The zero-order valence-electron chi connectivity index (χ0n) is 8.72. The molecule has 0 aromatic carbocycles. The molecular formula is C11H14N4. The van der Waals surface area contributed by atoms with Gasteiger partial charge in [-0.1, -0.05) is 0 Å². The minimum absolute atomic E-state index is 0.585. The van der Waals surface area contributed by atoms with Crippen molar-refractivity contribution in [1.82, 2.24) is 14.5 Å². The molecule has 0 radical (unpaired) electrons. The van der Waals surface area contributed by atoms with Crippen molar-refractivity contribution in [2.24, 2.45) is 0 Å². The van der Waals surface area contributed by atoms with Crippen molar-refractivity contribution in [3.05, 3.63) is 42.0 Å². The average molecular weight is 202 g/mol. The minimum atomic E-state index is 0.585. The highest BCUT2D eigenvalue weighted by atomic mass is 15.1. The third kappa shape index (κ3) is 2.34. The molecule has 0 aliphatic carbocycles. The van der Waals surface area contributed by atoms with Gasteiger partial charge in [0.15, 0.2) is 5.95 Å². The lowest BCUT2D eigenvalue weighted by atomic mass is 10.2. The van der Waals surface area contributed by atoms with Crippen molar-refractivity contribution in [3.8, 4) is 0 Å². The molecule has 0 aliphatic rings. The van der Waals surface area contributed by atoms with Crippen LogP contribution in [0.5, 0.6) is 0 Å². The monoisotopic (exact) mass is 202 g/mol. The first-order valence-electron chi connectivity index (χ1n) is 4.94. The third-order valence-electron chi connectivity index (χ3n) is 2.32. The number of aromatic nitrogens is 3. The number of pyridine rings is 1. The maximum Gasteiger partial charge on any atom is 0.200 e. The number of nitrogens with zero attached hydrogens (tertiary/aromatic N) is 3. The van der Waals surface area contributed by atoms with Crippen LogP contribution in [0.1, 0.15) is 11.3 Å². The zero-order chi connectivity index (χ0) is 10.7. The van der Waals surface area contributed by atoms with E-state index in [1.165, 1.54) is 5.56 Å². The maximum atomic E-state index is 5.75. The Balaban J connectivity index is 2.02. The fraction of sp³-hybridized carbons (Fsp3) is 0.273. The molecule has 2 N–H and O–H groups in total. The van der Waals surface area contributed by atoms with Crippen LogP contribution in [-0.2, 0) is 13.0 Å². The maximum absolute atomic E-state index is 5.75.